The van der Waals surface area contributed by atoms with Gasteiger partial charge in [-0.3, -0.25) is 4.79 Å². The van der Waals surface area contributed by atoms with Crippen LogP contribution >= 0.6 is 0 Å². The lowest BCUT2D eigenvalue weighted by Crippen LogP contribution is -2.32. The van der Waals surface area contributed by atoms with Gasteiger partial charge in [0.1, 0.15) is 0 Å². The van der Waals surface area contributed by atoms with E-state index in [-0.39, 0.29) is 23.3 Å². The van der Waals surface area contributed by atoms with Crippen molar-refractivity contribution in [2.45, 2.75) is 38.5 Å². The molecule has 1 heterocycles. The number of carbonyl (C=O) groups excluding carboxylic acids is 1. The van der Waals surface area contributed by atoms with E-state index in [1.807, 2.05) is 0 Å². The van der Waals surface area contributed by atoms with Gasteiger partial charge in [0.25, 0.3) is 0 Å². The molecule has 1 unspecified atom stereocenters. The summed E-state index contributed by atoms with van der Waals surface area (Å²) in [6.07, 6.45) is 8.49. The molecule has 5 heteroatoms. The summed E-state index contributed by atoms with van der Waals surface area (Å²) >= 11 is 0. The van der Waals surface area contributed by atoms with Crippen molar-refractivity contribution in [1.82, 2.24) is 5.32 Å². The second kappa shape index (κ2) is 5.87. The molecule has 2 aliphatic rings. The van der Waals surface area contributed by atoms with Crippen molar-refractivity contribution in [1.29, 1.82) is 0 Å². The van der Waals surface area contributed by atoms with Crippen molar-refractivity contribution in [3.05, 3.63) is 11.6 Å². The molecule has 1 fully saturated rings. The lowest BCUT2D eigenvalue weighted by Gasteiger charge is -2.14. The maximum Gasteiger partial charge on any atom is 0.224 e. The van der Waals surface area contributed by atoms with Crippen LogP contribution in [0.4, 0.5) is 0 Å². The Morgan fingerprint density at radius 1 is 1.39 bits per heavy atom. The number of rotatable bonds is 4. The molecule has 0 aromatic carbocycles. The molecule has 4 nitrogen and oxygen atoms in total. The summed E-state index contributed by atoms with van der Waals surface area (Å²) in [4.78, 5) is 11.8. The lowest BCUT2D eigenvalue weighted by atomic mass is 9.97. The zero-order chi connectivity index (χ0) is 13.0. The number of nitrogens with one attached hydrogen (secondary N) is 1. The number of sulfone groups is 1. The molecular weight excluding hydrogens is 250 g/mol. The van der Waals surface area contributed by atoms with E-state index in [4.69, 9.17) is 0 Å². The Morgan fingerprint density at radius 3 is 2.83 bits per heavy atom. The SMILES string of the molecule is O=C(NCCC1=CCCCC1)C1CCS(=O)(=O)C1. The Balaban J connectivity index is 1.70. The van der Waals surface area contributed by atoms with Gasteiger partial charge in [0.15, 0.2) is 9.84 Å². The van der Waals surface area contributed by atoms with E-state index in [1.165, 1.54) is 18.4 Å². The number of carbonyl (C=O) groups is 1. The Bertz CT molecular complexity index is 439. The van der Waals surface area contributed by atoms with E-state index in [0.717, 1.165) is 19.3 Å². The second-order valence-corrected chi connectivity index (χ2v) is 7.48. The van der Waals surface area contributed by atoms with Crippen LogP contribution in [0.25, 0.3) is 0 Å². The average Bonchev–Trinajstić information content (AvgIpc) is 2.71. The summed E-state index contributed by atoms with van der Waals surface area (Å²) in [7, 11) is -2.96. The Labute approximate surface area is 109 Å². The first-order chi connectivity index (χ1) is 8.57. The molecular formula is C13H21NO3S. The van der Waals surface area contributed by atoms with Gasteiger partial charge in [0, 0.05) is 6.54 Å². The Kier molecular flexibility index (Phi) is 4.43. The van der Waals surface area contributed by atoms with Gasteiger partial charge in [-0.25, -0.2) is 8.42 Å². The molecule has 1 aliphatic heterocycles. The fourth-order valence-electron chi connectivity index (χ4n) is 2.62. The van der Waals surface area contributed by atoms with Crippen molar-refractivity contribution in [3.8, 4) is 0 Å². The zero-order valence-corrected chi connectivity index (χ0v) is 11.5. The number of amides is 1. The molecule has 0 spiro atoms. The fraction of sp³-hybridized carbons (Fsp3) is 0.769. The van der Waals surface area contributed by atoms with Crippen LogP contribution in [0.15, 0.2) is 11.6 Å². The minimum atomic E-state index is -2.96. The molecule has 1 atom stereocenters. The standard InChI is InChI=1S/C13H21NO3S/c15-13(12-7-9-18(16,17)10-12)14-8-6-11-4-2-1-3-5-11/h4,12H,1-3,5-10H2,(H,14,15). The summed E-state index contributed by atoms with van der Waals surface area (Å²) in [6.45, 7) is 0.640. The zero-order valence-electron chi connectivity index (χ0n) is 10.7. The highest BCUT2D eigenvalue weighted by atomic mass is 32.2. The molecule has 1 amide bonds. The molecule has 0 aromatic rings. The molecule has 1 saturated heterocycles. The molecule has 2 rings (SSSR count). The fourth-order valence-corrected chi connectivity index (χ4v) is 4.37. The van der Waals surface area contributed by atoms with E-state index in [9.17, 15) is 13.2 Å². The van der Waals surface area contributed by atoms with E-state index in [1.54, 1.807) is 0 Å². The molecule has 0 bridgehead atoms. The monoisotopic (exact) mass is 271 g/mol. The van der Waals surface area contributed by atoms with Crippen molar-refractivity contribution < 1.29 is 13.2 Å². The summed E-state index contributed by atoms with van der Waals surface area (Å²) in [5, 5.41) is 2.87. The smallest absolute Gasteiger partial charge is 0.224 e. The third-order valence-corrected chi connectivity index (χ3v) is 5.50. The molecule has 0 aromatic heterocycles. The van der Waals surface area contributed by atoms with E-state index in [2.05, 4.69) is 11.4 Å². The van der Waals surface area contributed by atoms with Crippen molar-refractivity contribution in [2.75, 3.05) is 18.1 Å². The predicted molar refractivity (Wildman–Crippen MR) is 70.9 cm³/mol. The summed E-state index contributed by atoms with van der Waals surface area (Å²) in [5.41, 5.74) is 1.43. The van der Waals surface area contributed by atoms with Gasteiger partial charge >= 0.3 is 0 Å². The van der Waals surface area contributed by atoms with Crippen LogP contribution in [0, 0.1) is 5.92 Å². The van der Waals surface area contributed by atoms with Gasteiger partial charge in [-0.15, -0.1) is 0 Å². The maximum atomic E-state index is 11.8. The van der Waals surface area contributed by atoms with E-state index < -0.39 is 9.84 Å². The van der Waals surface area contributed by atoms with Gasteiger partial charge in [0.05, 0.1) is 17.4 Å². The van der Waals surface area contributed by atoms with Gasteiger partial charge in [-0.1, -0.05) is 11.6 Å². The highest BCUT2D eigenvalue weighted by Crippen LogP contribution is 2.20. The van der Waals surface area contributed by atoms with Crippen molar-refractivity contribution in [2.24, 2.45) is 5.92 Å². The van der Waals surface area contributed by atoms with Gasteiger partial charge in [-0.2, -0.15) is 0 Å². The topological polar surface area (TPSA) is 63.2 Å². The molecule has 1 N–H and O–H groups in total. The summed E-state index contributed by atoms with van der Waals surface area (Å²) < 4.78 is 22.6. The summed E-state index contributed by atoms with van der Waals surface area (Å²) in [5.74, 6) is -0.222. The highest BCUT2D eigenvalue weighted by molar-refractivity contribution is 7.91. The van der Waals surface area contributed by atoms with Crippen LogP contribution in [0.5, 0.6) is 0 Å². The molecule has 18 heavy (non-hydrogen) atoms. The maximum absolute atomic E-state index is 11.8. The average molecular weight is 271 g/mol. The van der Waals surface area contributed by atoms with Crippen molar-refractivity contribution >= 4 is 15.7 Å². The van der Waals surface area contributed by atoms with E-state index in [0.29, 0.717) is 13.0 Å². The third-order valence-electron chi connectivity index (χ3n) is 3.73. The van der Waals surface area contributed by atoms with Crippen LogP contribution in [-0.4, -0.2) is 32.4 Å². The normalized spacial score (nSPS) is 26.7. The Morgan fingerprint density at radius 2 is 2.22 bits per heavy atom. The van der Waals surface area contributed by atoms with Crippen LogP contribution in [0.2, 0.25) is 0 Å². The molecule has 1 aliphatic carbocycles. The quantitative estimate of drug-likeness (QED) is 0.787. The minimum absolute atomic E-state index is 0.0293. The second-order valence-electron chi connectivity index (χ2n) is 5.25. The van der Waals surface area contributed by atoms with Crippen LogP contribution in [-0.2, 0) is 14.6 Å². The first-order valence-electron chi connectivity index (χ1n) is 6.73. The molecule has 0 saturated carbocycles. The van der Waals surface area contributed by atoms with E-state index >= 15 is 0 Å². The first-order valence-corrected chi connectivity index (χ1v) is 8.55. The summed E-state index contributed by atoms with van der Waals surface area (Å²) in [6, 6.07) is 0. The highest BCUT2D eigenvalue weighted by Gasteiger charge is 2.32. The first kappa shape index (κ1) is 13.6. The van der Waals surface area contributed by atoms with Gasteiger partial charge in [-0.05, 0) is 38.5 Å². The van der Waals surface area contributed by atoms with Crippen LogP contribution in [0.1, 0.15) is 38.5 Å². The number of hydrogen-bond donors (Lipinski definition) is 1. The molecule has 102 valence electrons. The lowest BCUT2D eigenvalue weighted by molar-refractivity contribution is -0.124. The van der Waals surface area contributed by atoms with Gasteiger partial charge < -0.3 is 5.32 Å². The molecule has 0 radical (unpaired) electrons. The predicted octanol–water partition coefficient (Wildman–Crippen LogP) is 1.43. The van der Waals surface area contributed by atoms with Crippen LogP contribution < -0.4 is 5.32 Å². The number of hydrogen-bond acceptors (Lipinski definition) is 3. The van der Waals surface area contributed by atoms with Crippen molar-refractivity contribution in [3.63, 3.8) is 0 Å². The largest absolute Gasteiger partial charge is 0.356 e. The number of allylic oxidation sites excluding steroid dienone is 1. The van der Waals surface area contributed by atoms with Crippen LogP contribution in [0.3, 0.4) is 0 Å². The van der Waals surface area contributed by atoms with Gasteiger partial charge in [0.2, 0.25) is 5.91 Å². The third kappa shape index (κ3) is 3.83. The Hall–Kier alpha value is -0.840. The minimum Gasteiger partial charge on any atom is -0.356 e.